The molecule has 0 bridgehead atoms. The van der Waals surface area contributed by atoms with Crippen molar-refractivity contribution in [1.82, 2.24) is 0 Å². The number of piperidine rings is 2. The van der Waals surface area contributed by atoms with Crippen LogP contribution in [0.3, 0.4) is 0 Å². The molecular weight excluding hydrogens is 356 g/mol. The first-order valence-electron chi connectivity index (χ1n) is 11.0. The van der Waals surface area contributed by atoms with E-state index in [0.29, 0.717) is 11.8 Å². The summed E-state index contributed by atoms with van der Waals surface area (Å²) in [5.74, 6) is 0.116. The van der Waals surface area contributed by atoms with Crippen LogP contribution in [0.15, 0.2) is 0 Å². The van der Waals surface area contributed by atoms with Crippen LogP contribution in [0.25, 0.3) is 0 Å². The lowest BCUT2D eigenvalue weighted by Crippen LogP contribution is -2.86. The average Bonchev–Trinajstić information content (AvgIpc) is 2.62. The smallest absolute Gasteiger partial charge is 0.312 e. The van der Waals surface area contributed by atoms with Crippen LogP contribution in [0.2, 0.25) is 0 Å². The number of carbonyl (C=O) groups is 2. The molecule has 4 N–H and O–H groups in total. The van der Waals surface area contributed by atoms with Crippen molar-refractivity contribution in [3.63, 3.8) is 0 Å². The van der Waals surface area contributed by atoms with Gasteiger partial charge >= 0.3 is 11.9 Å². The molecule has 162 valence electrons. The van der Waals surface area contributed by atoms with E-state index in [9.17, 15) is 9.59 Å². The van der Waals surface area contributed by atoms with Crippen molar-refractivity contribution >= 4 is 11.9 Å². The maximum Gasteiger partial charge on any atom is 0.312 e. The topological polar surface area (TPSA) is 85.8 Å². The third-order valence-corrected chi connectivity index (χ3v) is 6.71. The van der Waals surface area contributed by atoms with Gasteiger partial charge in [0.2, 0.25) is 0 Å². The molecule has 6 heteroatoms. The molecule has 0 amide bonds. The Bertz CT molecular complexity index is 545. The predicted molar refractivity (Wildman–Crippen MR) is 108 cm³/mol. The minimum Gasteiger partial charge on any atom is -0.459 e. The van der Waals surface area contributed by atoms with E-state index in [-0.39, 0.29) is 18.4 Å². The number of carbonyl (C=O) groups excluding carboxylic acids is 2. The van der Waals surface area contributed by atoms with E-state index < -0.39 is 16.6 Å². The Labute approximate surface area is 170 Å². The van der Waals surface area contributed by atoms with Gasteiger partial charge in [-0.1, -0.05) is 0 Å². The third-order valence-electron chi connectivity index (χ3n) is 6.71. The van der Waals surface area contributed by atoms with Crippen LogP contribution >= 0.6 is 0 Å². The Morgan fingerprint density at radius 3 is 1.57 bits per heavy atom. The van der Waals surface area contributed by atoms with E-state index in [1.807, 2.05) is 27.7 Å². The summed E-state index contributed by atoms with van der Waals surface area (Å²) in [6.45, 7) is 15.9. The molecule has 6 nitrogen and oxygen atoms in total. The number of hydrogen-bond acceptors (Lipinski definition) is 4. The van der Waals surface area contributed by atoms with Crippen LogP contribution < -0.4 is 10.6 Å². The van der Waals surface area contributed by atoms with Crippen molar-refractivity contribution in [3.8, 4) is 0 Å². The first-order chi connectivity index (χ1) is 12.9. The van der Waals surface area contributed by atoms with Gasteiger partial charge in [-0.3, -0.25) is 9.59 Å². The molecule has 2 rings (SSSR count). The molecule has 2 aliphatic heterocycles. The Morgan fingerprint density at radius 1 is 0.750 bits per heavy atom. The maximum atomic E-state index is 12.9. The highest BCUT2D eigenvalue weighted by Crippen LogP contribution is 2.34. The van der Waals surface area contributed by atoms with E-state index in [2.05, 4.69) is 10.6 Å². The zero-order valence-corrected chi connectivity index (χ0v) is 18.8. The predicted octanol–water partition coefficient (Wildman–Crippen LogP) is 0.993. The summed E-state index contributed by atoms with van der Waals surface area (Å²) in [6, 6.07) is 0. The summed E-state index contributed by atoms with van der Waals surface area (Å²) in [5, 5.41) is 4.61. The molecule has 2 aliphatic rings. The van der Waals surface area contributed by atoms with Crippen molar-refractivity contribution < 1.29 is 29.7 Å². The van der Waals surface area contributed by atoms with Gasteiger partial charge in [-0.2, -0.15) is 0 Å². The van der Waals surface area contributed by atoms with Crippen LogP contribution in [-0.2, 0) is 19.1 Å². The molecule has 0 unspecified atom stereocenters. The van der Waals surface area contributed by atoms with E-state index in [4.69, 9.17) is 9.47 Å². The second-order valence-electron chi connectivity index (χ2n) is 10.4. The summed E-state index contributed by atoms with van der Waals surface area (Å²) < 4.78 is 11.8. The minimum atomic E-state index is -0.897. The van der Waals surface area contributed by atoms with Crippen molar-refractivity contribution in [2.45, 2.75) is 84.8 Å². The maximum absolute atomic E-state index is 12.9. The van der Waals surface area contributed by atoms with E-state index in [1.54, 1.807) is 13.8 Å². The summed E-state index contributed by atoms with van der Waals surface area (Å²) in [4.78, 5) is 25.5. The zero-order chi connectivity index (χ0) is 21.0. The molecule has 0 radical (unpaired) electrons. The molecular formula is C22H42N2O4+2. The Hall–Kier alpha value is -1.14. The lowest BCUT2D eigenvalue weighted by atomic mass is 9.82. The summed E-state index contributed by atoms with van der Waals surface area (Å²) in [6.07, 6.45) is 4.26. The molecule has 0 aromatic heterocycles. The Kier molecular flexibility index (Phi) is 7.54. The molecule has 0 spiro atoms. The summed E-state index contributed by atoms with van der Waals surface area (Å²) in [5.41, 5.74) is -1.90. The van der Waals surface area contributed by atoms with Gasteiger partial charge in [-0.15, -0.1) is 0 Å². The number of nitrogens with two attached hydrogens (primary N) is 2. The normalized spacial score (nSPS) is 20.6. The summed E-state index contributed by atoms with van der Waals surface area (Å²) in [7, 11) is 0. The van der Waals surface area contributed by atoms with E-state index in [0.717, 1.165) is 51.9 Å². The highest BCUT2D eigenvalue weighted by Gasteiger charge is 2.42. The van der Waals surface area contributed by atoms with E-state index >= 15 is 0 Å². The molecule has 2 heterocycles. The van der Waals surface area contributed by atoms with Gasteiger partial charge in [0.15, 0.2) is 0 Å². The number of esters is 2. The van der Waals surface area contributed by atoms with Crippen molar-refractivity contribution in [2.75, 3.05) is 26.2 Å². The number of ether oxygens (including phenoxy) is 2. The Balaban J connectivity index is 1.91. The second-order valence-corrected chi connectivity index (χ2v) is 10.4. The van der Waals surface area contributed by atoms with Crippen molar-refractivity contribution in [3.05, 3.63) is 0 Å². The molecule has 0 atom stereocenters. The summed E-state index contributed by atoms with van der Waals surface area (Å²) >= 11 is 0. The van der Waals surface area contributed by atoms with Gasteiger partial charge < -0.3 is 20.1 Å². The lowest BCUT2D eigenvalue weighted by molar-refractivity contribution is -0.666. The highest BCUT2D eigenvalue weighted by atomic mass is 16.6. The Morgan fingerprint density at radius 2 is 1.14 bits per heavy atom. The number of quaternary nitrogens is 2. The minimum absolute atomic E-state index is 0.0443. The quantitative estimate of drug-likeness (QED) is 0.627. The highest BCUT2D eigenvalue weighted by molar-refractivity contribution is 5.83. The largest absolute Gasteiger partial charge is 0.459 e. The van der Waals surface area contributed by atoms with E-state index in [1.165, 1.54) is 0 Å². The first-order valence-corrected chi connectivity index (χ1v) is 11.0. The van der Waals surface area contributed by atoms with Gasteiger partial charge in [0.25, 0.3) is 0 Å². The first kappa shape index (κ1) is 23.1. The molecule has 0 aliphatic carbocycles. The fourth-order valence-corrected chi connectivity index (χ4v) is 4.55. The van der Waals surface area contributed by atoms with Gasteiger partial charge in [0, 0.05) is 37.5 Å². The number of rotatable bonds is 7. The molecule has 0 aromatic rings. The average molecular weight is 399 g/mol. The fourth-order valence-electron chi connectivity index (χ4n) is 4.55. The zero-order valence-electron chi connectivity index (χ0n) is 18.8. The van der Waals surface area contributed by atoms with Crippen molar-refractivity contribution in [2.24, 2.45) is 17.3 Å². The van der Waals surface area contributed by atoms with Gasteiger partial charge in [-0.25, -0.2) is 0 Å². The number of hydrogen-bond donors (Lipinski definition) is 2. The third kappa shape index (κ3) is 6.18. The SMILES string of the molecule is CC(C)(CC(=O)OC(C)(C)C1CC[NH2+]CC1)C(=O)OC(C)(C)C1CC[NH2+]CC1. The van der Waals surface area contributed by atoms with Gasteiger partial charge in [-0.05, 0) is 41.5 Å². The van der Waals surface area contributed by atoms with Gasteiger partial charge in [0.1, 0.15) is 11.2 Å². The van der Waals surface area contributed by atoms with Gasteiger partial charge in [0.05, 0.1) is 38.0 Å². The molecule has 0 aromatic carbocycles. The van der Waals surface area contributed by atoms with Crippen LogP contribution in [0, 0.1) is 17.3 Å². The standard InChI is InChI=1S/C22H40N2O4/c1-20(2,19(26)28-22(5,6)17-9-13-24-14-10-17)15-18(25)27-21(3,4)16-7-11-23-12-8-16/h16-17,23-24H,7-15H2,1-6H3/p+2. The van der Waals surface area contributed by atoms with Crippen LogP contribution in [0.5, 0.6) is 0 Å². The van der Waals surface area contributed by atoms with Crippen molar-refractivity contribution in [1.29, 1.82) is 0 Å². The lowest BCUT2D eigenvalue weighted by Gasteiger charge is -2.38. The monoisotopic (exact) mass is 398 g/mol. The molecule has 0 saturated carbocycles. The van der Waals surface area contributed by atoms with Crippen LogP contribution in [0.4, 0.5) is 0 Å². The molecule has 2 saturated heterocycles. The second kappa shape index (κ2) is 9.12. The van der Waals surface area contributed by atoms with Crippen LogP contribution in [-0.4, -0.2) is 49.3 Å². The van der Waals surface area contributed by atoms with Crippen LogP contribution in [0.1, 0.15) is 73.6 Å². The molecule has 2 fully saturated rings. The fraction of sp³-hybridized carbons (Fsp3) is 0.909. The molecule has 28 heavy (non-hydrogen) atoms.